The lowest BCUT2D eigenvalue weighted by Gasteiger charge is -2.11. The molecule has 0 saturated heterocycles. The smallest absolute Gasteiger partial charge is 0.318 e. The van der Waals surface area contributed by atoms with Gasteiger partial charge < -0.3 is 20.4 Å². The van der Waals surface area contributed by atoms with E-state index < -0.39 is 11.5 Å². The summed E-state index contributed by atoms with van der Waals surface area (Å²) in [4.78, 5) is 48.5. The van der Waals surface area contributed by atoms with E-state index in [4.69, 9.17) is 4.74 Å². The first-order valence-corrected chi connectivity index (χ1v) is 10.1. The zero-order chi connectivity index (χ0) is 23.4. The molecule has 4 rings (SSSR count). The number of methoxy groups -OCH3 is 1. The summed E-state index contributed by atoms with van der Waals surface area (Å²) in [6, 6.07) is 16.1. The molecule has 2 heterocycles. The van der Waals surface area contributed by atoms with Gasteiger partial charge in [0, 0.05) is 29.4 Å². The van der Waals surface area contributed by atoms with E-state index in [9.17, 15) is 14.4 Å². The highest BCUT2D eigenvalue weighted by molar-refractivity contribution is 6.06. The number of aromatic nitrogens is 3. The molecule has 0 bridgehead atoms. The van der Waals surface area contributed by atoms with Gasteiger partial charge in [-0.3, -0.25) is 14.4 Å². The number of hydrogen-bond donors (Lipinski definition) is 3. The predicted octanol–water partition coefficient (Wildman–Crippen LogP) is 2.82. The number of carbonyl (C=O) groups excluding carboxylic acids is 2. The van der Waals surface area contributed by atoms with Crippen molar-refractivity contribution >= 4 is 28.5 Å². The van der Waals surface area contributed by atoms with Crippen LogP contribution in [0.1, 0.15) is 31.8 Å². The summed E-state index contributed by atoms with van der Waals surface area (Å²) in [5, 5.41) is 6.05. The summed E-state index contributed by atoms with van der Waals surface area (Å²) in [7, 11) is 1.42. The maximum absolute atomic E-state index is 12.8. The van der Waals surface area contributed by atoms with Crippen LogP contribution in [0.3, 0.4) is 0 Å². The van der Waals surface area contributed by atoms with Crippen LogP contribution in [0.15, 0.2) is 65.6 Å². The van der Waals surface area contributed by atoms with E-state index in [-0.39, 0.29) is 23.1 Å². The van der Waals surface area contributed by atoms with Gasteiger partial charge in [-0.05, 0) is 36.2 Å². The van der Waals surface area contributed by atoms with Crippen LogP contribution in [-0.4, -0.2) is 33.9 Å². The molecule has 2 aromatic heterocycles. The topological polar surface area (TPSA) is 126 Å². The molecule has 0 atom stereocenters. The SMILES string of the molecule is COc1ncc2cc(C(=O)Nc3cc(C(=O)NCc4ccccc4)ccc3C)c(=O)[nH]c2n1. The van der Waals surface area contributed by atoms with Gasteiger partial charge in [0.05, 0.1) is 7.11 Å². The summed E-state index contributed by atoms with van der Waals surface area (Å²) in [5.41, 5.74) is 2.09. The van der Waals surface area contributed by atoms with Crippen molar-refractivity contribution in [3.05, 3.63) is 93.4 Å². The molecule has 9 heteroatoms. The van der Waals surface area contributed by atoms with Gasteiger partial charge in [-0.2, -0.15) is 4.98 Å². The molecule has 33 heavy (non-hydrogen) atoms. The van der Waals surface area contributed by atoms with E-state index in [0.717, 1.165) is 11.1 Å². The third-order valence-electron chi connectivity index (χ3n) is 5.04. The highest BCUT2D eigenvalue weighted by atomic mass is 16.5. The summed E-state index contributed by atoms with van der Waals surface area (Å²) in [6.07, 6.45) is 1.46. The Hall–Kier alpha value is -4.53. The average molecular weight is 443 g/mol. The molecule has 0 aliphatic rings. The quantitative estimate of drug-likeness (QED) is 0.421. The van der Waals surface area contributed by atoms with E-state index in [2.05, 4.69) is 25.6 Å². The Bertz CT molecular complexity index is 1400. The number of hydrogen-bond acceptors (Lipinski definition) is 6. The number of ether oxygens (including phenoxy) is 1. The molecule has 9 nitrogen and oxygen atoms in total. The van der Waals surface area contributed by atoms with Crippen molar-refractivity contribution in [3.8, 4) is 6.01 Å². The zero-order valence-electron chi connectivity index (χ0n) is 18.0. The fourth-order valence-electron chi connectivity index (χ4n) is 3.21. The second kappa shape index (κ2) is 9.31. The fourth-order valence-corrected chi connectivity index (χ4v) is 3.21. The molecule has 0 saturated carbocycles. The van der Waals surface area contributed by atoms with Gasteiger partial charge in [0.25, 0.3) is 17.4 Å². The largest absolute Gasteiger partial charge is 0.467 e. The predicted molar refractivity (Wildman–Crippen MR) is 123 cm³/mol. The minimum Gasteiger partial charge on any atom is -0.467 e. The first-order valence-electron chi connectivity index (χ1n) is 10.1. The molecular weight excluding hydrogens is 422 g/mol. The van der Waals surface area contributed by atoms with E-state index in [1.54, 1.807) is 25.1 Å². The molecular formula is C24H21N5O4. The summed E-state index contributed by atoms with van der Waals surface area (Å²) in [6.45, 7) is 2.18. The molecule has 2 amide bonds. The number of carbonyl (C=O) groups is 2. The van der Waals surface area contributed by atoms with E-state index in [0.29, 0.717) is 23.2 Å². The van der Waals surface area contributed by atoms with Gasteiger partial charge >= 0.3 is 6.01 Å². The van der Waals surface area contributed by atoms with Gasteiger partial charge in [-0.15, -0.1) is 0 Å². The number of H-pyrrole nitrogens is 1. The van der Waals surface area contributed by atoms with Crippen molar-refractivity contribution in [1.82, 2.24) is 20.3 Å². The highest BCUT2D eigenvalue weighted by Crippen LogP contribution is 2.19. The van der Waals surface area contributed by atoms with Gasteiger partial charge in [0.2, 0.25) is 0 Å². The van der Waals surface area contributed by atoms with E-state index in [1.807, 2.05) is 30.3 Å². The number of amides is 2. The van der Waals surface area contributed by atoms with Crippen LogP contribution < -0.4 is 20.9 Å². The third-order valence-corrected chi connectivity index (χ3v) is 5.04. The molecule has 166 valence electrons. The number of aromatic amines is 1. The van der Waals surface area contributed by atoms with Crippen molar-refractivity contribution in [2.75, 3.05) is 12.4 Å². The van der Waals surface area contributed by atoms with Crippen LogP contribution >= 0.6 is 0 Å². The third kappa shape index (κ3) is 4.87. The minimum absolute atomic E-state index is 0.102. The normalized spacial score (nSPS) is 10.6. The Morgan fingerprint density at radius 3 is 2.61 bits per heavy atom. The van der Waals surface area contributed by atoms with Crippen LogP contribution in [-0.2, 0) is 6.54 Å². The Balaban J connectivity index is 1.53. The van der Waals surface area contributed by atoms with E-state index >= 15 is 0 Å². The number of rotatable bonds is 6. The van der Waals surface area contributed by atoms with Gasteiger partial charge in [-0.25, -0.2) is 4.98 Å². The van der Waals surface area contributed by atoms with Gasteiger partial charge in [0.15, 0.2) is 0 Å². The second-order valence-electron chi connectivity index (χ2n) is 7.32. The summed E-state index contributed by atoms with van der Waals surface area (Å²) in [5.74, 6) is -0.886. The maximum atomic E-state index is 12.8. The highest BCUT2D eigenvalue weighted by Gasteiger charge is 2.16. The van der Waals surface area contributed by atoms with E-state index in [1.165, 1.54) is 19.4 Å². The van der Waals surface area contributed by atoms with Crippen molar-refractivity contribution in [1.29, 1.82) is 0 Å². The number of anilines is 1. The molecule has 0 fully saturated rings. The molecule has 3 N–H and O–H groups in total. The number of nitrogens with one attached hydrogen (secondary N) is 3. The first-order chi connectivity index (χ1) is 15.9. The first kappa shape index (κ1) is 21.7. The molecule has 0 spiro atoms. The summed E-state index contributed by atoms with van der Waals surface area (Å²) >= 11 is 0. The van der Waals surface area contributed by atoms with Crippen LogP contribution in [0.5, 0.6) is 6.01 Å². The van der Waals surface area contributed by atoms with Crippen LogP contribution in [0.4, 0.5) is 5.69 Å². The standard InChI is InChI=1S/C24H21N5O4/c1-14-8-9-16(21(30)25-12-15-6-4-3-5-7-15)11-19(14)27-22(31)18-10-17-13-26-24(33-2)29-20(17)28-23(18)32/h3-11,13H,12H2,1-2H3,(H,25,30)(H,27,31)(H,26,28,29,32). The lowest BCUT2D eigenvalue weighted by Crippen LogP contribution is -2.25. The van der Waals surface area contributed by atoms with Gasteiger partial charge in [-0.1, -0.05) is 36.4 Å². The van der Waals surface area contributed by atoms with Crippen molar-refractivity contribution < 1.29 is 14.3 Å². The Morgan fingerprint density at radius 2 is 1.85 bits per heavy atom. The maximum Gasteiger partial charge on any atom is 0.318 e. The number of benzene rings is 2. The van der Waals surface area contributed by atoms with Crippen LogP contribution in [0.2, 0.25) is 0 Å². The Morgan fingerprint density at radius 1 is 1.06 bits per heavy atom. The molecule has 0 aliphatic carbocycles. The molecule has 0 unspecified atom stereocenters. The molecule has 0 aliphatic heterocycles. The fraction of sp³-hybridized carbons (Fsp3) is 0.125. The minimum atomic E-state index is -0.612. The number of fused-ring (bicyclic) bond motifs is 1. The zero-order valence-corrected chi connectivity index (χ0v) is 18.0. The molecule has 0 radical (unpaired) electrons. The lowest BCUT2D eigenvalue weighted by molar-refractivity contribution is 0.0949. The Labute approximate surface area is 188 Å². The monoisotopic (exact) mass is 443 g/mol. The van der Waals surface area contributed by atoms with Gasteiger partial charge in [0.1, 0.15) is 11.2 Å². The van der Waals surface area contributed by atoms with Crippen molar-refractivity contribution in [3.63, 3.8) is 0 Å². The number of pyridine rings is 1. The summed E-state index contributed by atoms with van der Waals surface area (Å²) < 4.78 is 4.95. The lowest BCUT2D eigenvalue weighted by atomic mass is 10.1. The second-order valence-corrected chi connectivity index (χ2v) is 7.32. The average Bonchev–Trinajstić information content (AvgIpc) is 2.83. The van der Waals surface area contributed by atoms with Crippen molar-refractivity contribution in [2.24, 2.45) is 0 Å². The number of nitrogens with zero attached hydrogens (tertiary/aromatic N) is 2. The Kier molecular flexibility index (Phi) is 6.12. The number of aryl methyl sites for hydroxylation is 1. The molecule has 2 aromatic carbocycles. The van der Waals surface area contributed by atoms with Crippen LogP contribution in [0, 0.1) is 6.92 Å². The molecule has 4 aromatic rings. The van der Waals surface area contributed by atoms with Crippen molar-refractivity contribution in [2.45, 2.75) is 13.5 Å². The van der Waals surface area contributed by atoms with Crippen LogP contribution in [0.25, 0.3) is 11.0 Å².